The van der Waals surface area contributed by atoms with Crippen LogP contribution in [0.1, 0.15) is 16.5 Å². The van der Waals surface area contributed by atoms with Gasteiger partial charge >= 0.3 is 0 Å². The van der Waals surface area contributed by atoms with Gasteiger partial charge in [0.15, 0.2) is 9.84 Å². The zero-order valence-electron chi connectivity index (χ0n) is 14.2. The number of hydrogen-bond donors (Lipinski definition) is 1. The van der Waals surface area contributed by atoms with Crippen LogP contribution in [0.5, 0.6) is 0 Å². The quantitative estimate of drug-likeness (QED) is 0.657. The molecule has 0 bridgehead atoms. The fraction of sp³-hybridized carbons (Fsp3) is 0.111. The summed E-state index contributed by atoms with van der Waals surface area (Å²) in [6, 6.07) is 13.6. The van der Waals surface area contributed by atoms with Gasteiger partial charge in [-0.1, -0.05) is 30.3 Å². The molecule has 0 aliphatic carbocycles. The van der Waals surface area contributed by atoms with Crippen LogP contribution in [-0.2, 0) is 19.9 Å². The summed E-state index contributed by atoms with van der Waals surface area (Å²) in [5.41, 5.74) is 0.541. The molecule has 5 nitrogen and oxygen atoms in total. The van der Waals surface area contributed by atoms with Crippen LogP contribution in [0.4, 0.5) is 4.39 Å². The normalized spacial score (nSPS) is 13.4. The van der Waals surface area contributed by atoms with Gasteiger partial charge < -0.3 is 0 Å². The number of benzene rings is 2. The lowest BCUT2D eigenvalue weighted by atomic mass is 10.1. The number of sulfonamides is 1. The van der Waals surface area contributed by atoms with Gasteiger partial charge in [0.25, 0.3) is 0 Å². The van der Waals surface area contributed by atoms with Crippen molar-refractivity contribution in [2.45, 2.75) is 15.8 Å². The van der Waals surface area contributed by atoms with Crippen molar-refractivity contribution >= 4 is 31.2 Å². The highest BCUT2D eigenvalue weighted by atomic mass is 32.2. The molecule has 0 spiro atoms. The summed E-state index contributed by atoms with van der Waals surface area (Å²) in [6.45, 7) is 0. The molecular weight excluding hydrogens is 409 g/mol. The van der Waals surface area contributed by atoms with Crippen LogP contribution < -0.4 is 4.72 Å². The van der Waals surface area contributed by atoms with E-state index in [-0.39, 0.29) is 9.79 Å². The molecule has 0 saturated carbocycles. The number of hydrogen-bond acceptors (Lipinski definition) is 5. The molecule has 1 atom stereocenters. The Labute approximate surface area is 161 Å². The fourth-order valence-electron chi connectivity index (χ4n) is 2.60. The average molecular weight is 426 g/mol. The van der Waals surface area contributed by atoms with E-state index in [1.165, 1.54) is 59.9 Å². The molecule has 27 heavy (non-hydrogen) atoms. The summed E-state index contributed by atoms with van der Waals surface area (Å²) in [6.07, 6.45) is 0.956. The van der Waals surface area contributed by atoms with Gasteiger partial charge in [-0.2, -0.15) is 4.72 Å². The zero-order chi connectivity index (χ0) is 19.7. The molecule has 1 N–H and O–H groups in total. The summed E-state index contributed by atoms with van der Waals surface area (Å²) < 4.78 is 65.8. The molecule has 1 aromatic heterocycles. The zero-order valence-corrected chi connectivity index (χ0v) is 16.6. The van der Waals surface area contributed by atoms with Crippen LogP contribution in [0.2, 0.25) is 0 Å². The molecular formula is C18H16FNO4S3. The molecule has 142 valence electrons. The van der Waals surface area contributed by atoms with Gasteiger partial charge in [-0.25, -0.2) is 21.2 Å². The van der Waals surface area contributed by atoms with Crippen molar-refractivity contribution in [2.24, 2.45) is 0 Å². The van der Waals surface area contributed by atoms with E-state index in [0.29, 0.717) is 10.4 Å². The molecule has 9 heteroatoms. The Morgan fingerprint density at radius 2 is 1.52 bits per heavy atom. The van der Waals surface area contributed by atoms with E-state index in [2.05, 4.69) is 4.72 Å². The van der Waals surface area contributed by atoms with Gasteiger partial charge in [0, 0.05) is 11.1 Å². The van der Waals surface area contributed by atoms with Crippen molar-refractivity contribution in [3.8, 4) is 0 Å². The first-order valence-corrected chi connectivity index (χ1v) is 12.0. The Bertz CT molecular complexity index is 1140. The van der Waals surface area contributed by atoms with Crippen LogP contribution in [0.3, 0.4) is 0 Å². The maximum atomic E-state index is 13.3. The summed E-state index contributed by atoms with van der Waals surface area (Å²) >= 11 is 1.34. The smallest absolute Gasteiger partial charge is 0.224 e. The molecule has 3 aromatic rings. The average Bonchev–Trinajstić information content (AvgIpc) is 3.14. The van der Waals surface area contributed by atoms with E-state index in [0.717, 1.165) is 6.26 Å². The third-order valence-electron chi connectivity index (χ3n) is 3.84. The molecule has 0 aliphatic rings. The van der Waals surface area contributed by atoms with E-state index < -0.39 is 31.7 Å². The summed E-state index contributed by atoms with van der Waals surface area (Å²) in [7, 11) is -7.92. The number of rotatable bonds is 6. The highest BCUT2D eigenvalue weighted by molar-refractivity contribution is 7.93. The SMILES string of the molecule is CS(=O)(=O)c1ccccc1S(=O)(=O)NC(c1ccc(F)cc1)c1cccs1. The second-order valence-corrected chi connectivity index (χ2v) is 10.5. The summed E-state index contributed by atoms with van der Waals surface area (Å²) in [4.78, 5) is 0.0970. The Balaban J connectivity index is 2.08. The first-order chi connectivity index (χ1) is 12.7. The maximum Gasteiger partial charge on any atom is 0.242 e. The molecule has 1 heterocycles. The molecule has 1 unspecified atom stereocenters. The monoisotopic (exact) mass is 425 g/mol. The Kier molecular flexibility index (Phi) is 5.48. The first-order valence-electron chi connectivity index (χ1n) is 7.79. The highest BCUT2D eigenvalue weighted by Gasteiger charge is 2.28. The van der Waals surface area contributed by atoms with Gasteiger partial charge in [-0.05, 0) is 41.3 Å². The maximum absolute atomic E-state index is 13.3. The third kappa shape index (κ3) is 4.44. The molecule has 3 rings (SSSR count). The van der Waals surface area contributed by atoms with E-state index in [4.69, 9.17) is 0 Å². The molecule has 0 amide bonds. The molecule has 2 aromatic carbocycles. The third-order valence-corrected chi connectivity index (χ3v) is 7.54. The Hall–Kier alpha value is -2.07. The second-order valence-electron chi connectivity index (χ2n) is 5.84. The number of nitrogens with one attached hydrogen (secondary N) is 1. The molecule has 0 radical (unpaired) electrons. The number of halogens is 1. The van der Waals surface area contributed by atoms with Crippen LogP contribution in [0.15, 0.2) is 75.8 Å². The second kappa shape index (κ2) is 7.51. The van der Waals surface area contributed by atoms with E-state index >= 15 is 0 Å². The van der Waals surface area contributed by atoms with Crippen molar-refractivity contribution in [1.82, 2.24) is 4.72 Å². The van der Waals surface area contributed by atoms with Gasteiger partial charge in [-0.3, -0.25) is 0 Å². The van der Waals surface area contributed by atoms with Crippen molar-refractivity contribution in [1.29, 1.82) is 0 Å². The summed E-state index contributed by atoms with van der Waals surface area (Å²) in [5, 5.41) is 1.80. The standard InChI is InChI=1S/C18H16FNO4S3/c1-26(21,22)16-6-2-3-7-17(16)27(23,24)20-18(15-5-4-12-25-15)13-8-10-14(19)11-9-13/h2-12,18,20H,1H3. The van der Waals surface area contributed by atoms with Crippen molar-refractivity contribution in [3.05, 3.63) is 82.3 Å². The van der Waals surface area contributed by atoms with Crippen LogP contribution in [-0.4, -0.2) is 23.1 Å². The topological polar surface area (TPSA) is 80.3 Å². The lowest BCUT2D eigenvalue weighted by Gasteiger charge is -2.19. The van der Waals surface area contributed by atoms with Crippen molar-refractivity contribution < 1.29 is 21.2 Å². The minimum absolute atomic E-state index is 0.276. The van der Waals surface area contributed by atoms with Gasteiger partial charge in [0.05, 0.1) is 10.9 Å². The van der Waals surface area contributed by atoms with E-state index in [9.17, 15) is 21.2 Å². The highest BCUT2D eigenvalue weighted by Crippen LogP contribution is 2.29. The van der Waals surface area contributed by atoms with Gasteiger partial charge in [0.2, 0.25) is 10.0 Å². The number of thiophene rings is 1. The van der Waals surface area contributed by atoms with Crippen LogP contribution in [0, 0.1) is 5.82 Å². The predicted octanol–water partition coefficient (Wildman–Crippen LogP) is 3.36. The predicted molar refractivity (Wildman–Crippen MR) is 102 cm³/mol. The van der Waals surface area contributed by atoms with Crippen LogP contribution in [0.25, 0.3) is 0 Å². The van der Waals surface area contributed by atoms with Crippen LogP contribution >= 0.6 is 11.3 Å². The minimum Gasteiger partial charge on any atom is -0.224 e. The fourth-order valence-corrected chi connectivity index (χ4v) is 6.31. The van der Waals surface area contributed by atoms with Crippen molar-refractivity contribution in [3.63, 3.8) is 0 Å². The number of sulfone groups is 1. The lowest BCUT2D eigenvalue weighted by Crippen LogP contribution is -2.30. The van der Waals surface area contributed by atoms with Gasteiger partial charge in [0.1, 0.15) is 10.7 Å². The first kappa shape index (κ1) is 19.7. The Morgan fingerprint density at radius 1 is 0.889 bits per heavy atom. The molecule has 0 aliphatic heterocycles. The van der Waals surface area contributed by atoms with Gasteiger partial charge in [-0.15, -0.1) is 11.3 Å². The lowest BCUT2D eigenvalue weighted by molar-refractivity contribution is 0.567. The van der Waals surface area contributed by atoms with E-state index in [1.807, 2.05) is 0 Å². The largest absolute Gasteiger partial charge is 0.242 e. The van der Waals surface area contributed by atoms with Crippen molar-refractivity contribution in [2.75, 3.05) is 6.26 Å². The van der Waals surface area contributed by atoms with E-state index in [1.54, 1.807) is 17.5 Å². The molecule has 0 fully saturated rings. The Morgan fingerprint density at radius 3 is 2.07 bits per heavy atom. The minimum atomic E-state index is -4.17. The molecule has 0 saturated heterocycles. The summed E-state index contributed by atoms with van der Waals surface area (Å²) in [5.74, 6) is -0.436.